The molecule has 1 aromatic heterocycles. The van der Waals surface area contributed by atoms with Crippen molar-refractivity contribution in [3.05, 3.63) is 34.3 Å². The molecule has 1 aliphatic rings. The fraction of sp³-hybridized carbons (Fsp3) is 0.389. The molecule has 0 saturated carbocycles. The van der Waals surface area contributed by atoms with Crippen molar-refractivity contribution < 1.29 is 32.6 Å². The number of morpholine rings is 1. The first-order chi connectivity index (χ1) is 14.7. The Balaban J connectivity index is 1.66. The summed E-state index contributed by atoms with van der Waals surface area (Å²) >= 11 is 1.18. The number of carboxylic acids is 1. The Labute approximate surface area is 183 Å². The van der Waals surface area contributed by atoms with Gasteiger partial charge in [0.15, 0.2) is 11.7 Å². The molecule has 1 aromatic carbocycles. The number of hydrazine groups is 1. The number of anilines is 1. The maximum Gasteiger partial charge on any atom is 0.341 e. The first kappa shape index (κ1) is 22.9. The summed E-state index contributed by atoms with van der Waals surface area (Å²) in [5.41, 5.74) is 3.14. The number of carbonyl (C=O) groups is 2. The van der Waals surface area contributed by atoms with Crippen LogP contribution < -0.4 is 19.9 Å². The van der Waals surface area contributed by atoms with E-state index in [0.29, 0.717) is 47.6 Å². The van der Waals surface area contributed by atoms with Gasteiger partial charge in [-0.3, -0.25) is 10.2 Å². The van der Waals surface area contributed by atoms with Crippen LogP contribution in [0.25, 0.3) is 0 Å². The minimum Gasteiger partial charge on any atom is -0.482 e. The van der Waals surface area contributed by atoms with E-state index in [-0.39, 0.29) is 10.6 Å². The molecular weight excluding hydrogens is 448 g/mol. The molecule has 2 heterocycles. The summed E-state index contributed by atoms with van der Waals surface area (Å²) < 4.78 is 35.5. The molecule has 11 nitrogen and oxygen atoms in total. The second-order valence-corrected chi connectivity index (χ2v) is 9.34. The number of hydrogen-bond acceptors (Lipinski definition) is 9. The van der Waals surface area contributed by atoms with Crippen LogP contribution in [0.3, 0.4) is 0 Å². The summed E-state index contributed by atoms with van der Waals surface area (Å²) in [5.74, 6) is -1.51. The fourth-order valence-corrected chi connectivity index (χ4v) is 4.74. The van der Waals surface area contributed by atoms with Crippen molar-refractivity contribution in [2.45, 2.75) is 18.7 Å². The average Bonchev–Trinajstić information content (AvgIpc) is 3.13. The number of carbonyl (C=O) groups excluding carboxylic acids is 1. The van der Waals surface area contributed by atoms with E-state index in [1.54, 1.807) is 13.8 Å². The van der Waals surface area contributed by atoms with Crippen LogP contribution in [0.1, 0.15) is 20.9 Å². The van der Waals surface area contributed by atoms with Gasteiger partial charge in [0.25, 0.3) is 15.9 Å². The monoisotopic (exact) mass is 470 g/mol. The Morgan fingerprint density at radius 1 is 1.29 bits per heavy atom. The smallest absolute Gasteiger partial charge is 0.341 e. The van der Waals surface area contributed by atoms with Crippen molar-refractivity contribution in [1.29, 1.82) is 0 Å². The number of benzene rings is 1. The molecule has 13 heteroatoms. The van der Waals surface area contributed by atoms with Crippen molar-refractivity contribution in [3.63, 3.8) is 0 Å². The molecule has 0 unspecified atom stereocenters. The van der Waals surface area contributed by atoms with Crippen molar-refractivity contribution in [2.24, 2.45) is 0 Å². The maximum atomic E-state index is 12.5. The minimum atomic E-state index is -4.06. The summed E-state index contributed by atoms with van der Waals surface area (Å²) in [6, 6.07) is 3.93. The SMILES string of the molecule is Cc1cc(S(=O)(=O)NNC(=O)c2sc(N3CCOCC3)nc2C)ccc1OCC(=O)O. The van der Waals surface area contributed by atoms with Gasteiger partial charge in [0.2, 0.25) is 0 Å². The summed E-state index contributed by atoms with van der Waals surface area (Å²) in [4.78, 5) is 31.8. The number of sulfonamides is 1. The predicted octanol–water partition coefficient (Wildman–Crippen LogP) is 0.683. The van der Waals surface area contributed by atoms with Crippen LogP contribution in [0, 0.1) is 13.8 Å². The predicted molar refractivity (Wildman–Crippen MR) is 112 cm³/mol. The summed E-state index contributed by atoms with van der Waals surface area (Å²) in [6.07, 6.45) is 0. The molecule has 1 amide bonds. The van der Waals surface area contributed by atoms with Gasteiger partial charge < -0.3 is 19.5 Å². The lowest BCUT2D eigenvalue weighted by molar-refractivity contribution is -0.139. The molecule has 1 fully saturated rings. The average molecular weight is 471 g/mol. The first-order valence-corrected chi connectivity index (χ1v) is 11.5. The van der Waals surface area contributed by atoms with Crippen LogP contribution in [0.5, 0.6) is 5.75 Å². The number of thiazole rings is 1. The van der Waals surface area contributed by atoms with Crippen molar-refractivity contribution >= 4 is 38.4 Å². The van der Waals surface area contributed by atoms with Crippen molar-refractivity contribution in [2.75, 3.05) is 37.8 Å². The van der Waals surface area contributed by atoms with E-state index in [1.165, 1.54) is 29.5 Å². The molecule has 3 N–H and O–H groups in total. The number of carboxylic acid groups (broad SMARTS) is 1. The van der Waals surface area contributed by atoms with E-state index >= 15 is 0 Å². The second kappa shape index (κ2) is 9.60. The number of ether oxygens (including phenoxy) is 2. The minimum absolute atomic E-state index is 0.108. The highest BCUT2D eigenvalue weighted by atomic mass is 32.2. The highest BCUT2D eigenvalue weighted by Gasteiger charge is 2.22. The molecule has 0 spiro atoms. The Morgan fingerprint density at radius 2 is 2.00 bits per heavy atom. The number of aliphatic carboxylic acids is 1. The quantitative estimate of drug-likeness (QED) is 0.474. The number of aromatic nitrogens is 1. The van der Waals surface area contributed by atoms with Gasteiger partial charge in [0, 0.05) is 13.1 Å². The zero-order valence-electron chi connectivity index (χ0n) is 16.9. The van der Waals surface area contributed by atoms with Crippen molar-refractivity contribution in [3.8, 4) is 5.75 Å². The molecule has 0 atom stereocenters. The van der Waals surface area contributed by atoms with Crippen LogP contribution >= 0.6 is 11.3 Å². The Hall–Kier alpha value is -2.74. The third-order valence-electron chi connectivity index (χ3n) is 4.38. The van der Waals surface area contributed by atoms with Gasteiger partial charge in [-0.15, -0.1) is 4.83 Å². The molecule has 1 saturated heterocycles. The number of nitrogens with zero attached hydrogens (tertiary/aromatic N) is 2. The first-order valence-electron chi connectivity index (χ1n) is 9.25. The van der Waals surface area contributed by atoms with E-state index < -0.39 is 28.5 Å². The Bertz CT molecular complexity index is 1080. The largest absolute Gasteiger partial charge is 0.482 e. The lowest BCUT2D eigenvalue weighted by atomic mass is 10.2. The molecule has 3 rings (SSSR count). The molecule has 31 heavy (non-hydrogen) atoms. The molecule has 0 bridgehead atoms. The summed E-state index contributed by atoms with van der Waals surface area (Å²) in [5, 5.41) is 9.36. The van der Waals surface area contributed by atoms with Crippen molar-refractivity contribution in [1.82, 2.24) is 15.2 Å². The van der Waals surface area contributed by atoms with Crippen LogP contribution in [0.15, 0.2) is 23.1 Å². The van der Waals surface area contributed by atoms with E-state index in [9.17, 15) is 18.0 Å². The Kier molecular flexibility index (Phi) is 7.10. The summed E-state index contributed by atoms with van der Waals surface area (Å²) in [7, 11) is -4.06. The number of rotatable bonds is 8. The normalized spacial score (nSPS) is 14.3. The molecule has 2 aromatic rings. The highest BCUT2D eigenvalue weighted by Crippen LogP contribution is 2.27. The molecule has 168 valence electrons. The molecule has 1 aliphatic heterocycles. The van der Waals surface area contributed by atoms with Gasteiger partial charge in [0.05, 0.1) is 23.8 Å². The number of nitrogens with one attached hydrogen (secondary N) is 2. The lowest BCUT2D eigenvalue weighted by Crippen LogP contribution is -2.41. The zero-order valence-corrected chi connectivity index (χ0v) is 18.5. The Morgan fingerprint density at radius 3 is 2.65 bits per heavy atom. The van der Waals surface area contributed by atoms with Crippen LogP contribution in [0.4, 0.5) is 5.13 Å². The molecule has 0 aliphatic carbocycles. The third kappa shape index (κ3) is 5.70. The molecular formula is C18H22N4O7S2. The van der Waals surface area contributed by atoms with E-state index in [1.807, 2.05) is 4.90 Å². The zero-order chi connectivity index (χ0) is 22.6. The standard InChI is InChI=1S/C18H22N4O7S2/c1-11-9-13(3-4-14(11)29-10-15(23)24)31(26,27)21-20-17(25)16-12(2)19-18(30-16)22-5-7-28-8-6-22/h3-4,9,21H,5-8,10H2,1-2H3,(H,20,25)(H,23,24). The van der Waals surface area contributed by atoms with Gasteiger partial charge in [-0.25, -0.2) is 18.2 Å². The second-order valence-electron chi connectivity index (χ2n) is 6.68. The van der Waals surface area contributed by atoms with Gasteiger partial charge in [0.1, 0.15) is 10.6 Å². The number of amides is 1. The van der Waals surface area contributed by atoms with E-state index in [0.717, 1.165) is 0 Å². The topological polar surface area (TPSA) is 147 Å². The highest BCUT2D eigenvalue weighted by molar-refractivity contribution is 7.89. The number of hydrogen-bond donors (Lipinski definition) is 3. The fourth-order valence-electron chi connectivity index (χ4n) is 2.80. The maximum absolute atomic E-state index is 12.5. The summed E-state index contributed by atoms with van der Waals surface area (Å²) in [6.45, 7) is 5.24. The molecule has 0 radical (unpaired) electrons. The lowest BCUT2D eigenvalue weighted by Gasteiger charge is -2.25. The van der Waals surface area contributed by atoms with Crippen LogP contribution in [0.2, 0.25) is 0 Å². The van der Waals surface area contributed by atoms with Gasteiger partial charge >= 0.3 is 5.97 Å². The number of aryl methyl sites for hydroxylation is 2. The van der Waals surface area contributed by atoms with E-state index in [4.69, 9.17) is 14.6 Å². The van der Waals surface area contributed by atoms with Gasteiger partial charge in [-0.2, -0.15) is 0 Å². The third-order valence-corrected chi connectivity index (χ3v) is 6.84. The van der Waals surface area contributed by atoms with Crippen LogP contribution in [-0.4, -0.2) is 63.3 Å². The van der Waals surface area contributed by atoms with Gasteiger partial charge in [-0.1, -0.05) is 11.3 Å². The van der Waals surface area contributed by atoms with E-state index in [2.05, 4.69) is 15.2 Å². The van der Waals surface area contributed by atoms with Crippen LogP contribution in [-0.2, 0) is 19.6 Å². The van der Waals surface area contributed by atoms with Gasteiger partial charge in [-0.05, 0) is 37.6 Å².